The Morgan fingerprint density at radius 3 is 1.95 bits per heavy atom. The predicted molar refractivity (Wildman–Crippen MR) is 82.8 cm³/mol. The van der Waals surface area contributed by atoms with E-state index in [0.717, 1.165) is 16.0 Å². The third-order valence-electron chi connectivity index (χ3n) is 3.69. The van der Waals surface area contributed by atoms with Crippen molar-refractivity contribution in [2.24, 2.45) is 0 Å². The number of rotatable bonds is 1. The van der Waals surface area contributed by atoms with E-state index in [4.69, 9.17) is 0 Å². The molecule has 2 aromatic rings. The highest BCUT2D eigenvalue weighted by atomic mass is 31.0. The molecule has 0 radical (unpaired) electrons. The normalized spacial score (nSPS) is 13.8. The molecule has 0 saturated carbocycles. The maximum atomic E-state index is 13.2. The summed E-state index contributed by atoms with van der Waals surface area (Å²) in [4.78, 5) is 26.4. The van der Waals surface area contributed by atoms with Crippen LogP contribution in [0.5, 0.6) is 0 Å². The van der Waals surface area contributed by atoms with Crippen molar-refractivity contribution in [1.29, 1.82) is 0 Å². The molecular weight excluding hydrogens is 288 g/mol. The predicted octanol–water partition coefficient (Wildman–Crippen LogP) is 2.74. The highest BCUT2D eigenvalue weighted by Crippen LogP contribution is 2.32. The summed E-state index contributed by atoms with van der Waals surface area (Å²) in [5.41, 5.74) is 2.81. The molecule has 1 heterocycles. The quantitative estimate of drug-likeness (QED) is 0.600. The Bertz CT molecular complexity index is 760. The Morgan fingerprint density at radius 1 is 0.952 bits per heavy atom. The van der Waals surface area contributed by atoms with E-state index >= 15 is 0 Å². The topological polar surface area (TPSA) is 37.4 Å². The highest BCUT2D eigenvalue weighted by molar-refractivity contribution is 7.28. The van der Waals surface area contributed by atoms with Crippen LogP contribution >= 0.6 is 9.24 Å². The number of fused-ring (bicyclic) bond motifs is 1. The zero-order chi connectivity index (χ0) is 15.3. The van der Waals surface area contributed by atoms with Crippen LogP contribution in [-0.2, 0) is 0 Å². The first kappa shape index (κ1) is 13.9. The zero-order valence-electron chi connectivity index (χ0n) is 11.6. The third kappa shape index (κ3) is 1.98. The van der Waals surface area contributed by atoms with Gasteiger partial charge in [0, 0.05) is 0 Å². The van der Waals surface area contributed by atoms with Crippen molar-refractivity contribution in [3.63, 3.8) is 0 Å². The fourth-order valence-electron chi connectivity index (χ4n) is 2.63. The van der Waals surface area contributed by atoms with Crippen LogP contribution in [0.3, 0.4) is 0 Å². The van der Waals surface area contributed by atoms with Crippen molar-refractivity contribution in [3.8, 4) is 0 Å². The second-order valence-electron chi connectivity index (χ2n) is 5.10. The average molecular weight is 301 g/mol. The monoisotopic (exact) mass is 301 g/mol. The second kappa shape index (κ2) is 4.74. The van der Waals surface area contributed by atoms with E-state index in [0.29, 0.717) is 22.1 Å². The van der Waals surface area contributed by atoms with Crippen LogP contribution in [0.2, 0.25) is 0 Å². The molecule has 0 bridgehead atoms. The molecule has 2 amide bonds. The van der Waals surface area contributed by atoms with Gasteiger partial charge >= 0.3 is 0 Å². The number of hydrogen-bond donors (Lipinski definition) is 0. The molecule has 0 N–H and O–H groups in total. The Labute approximate surface area is 124 Å². The number of halogens is 1. The van der Waals surface area contributed by atoms with E-state index in [1.54, 1.807) is 13.8 Å². The average Bonchev–Trinajstić information content (AvgIpc) is 2.68. The lowest BCUT2D eigenvalue weighted by Gasteiger charge is -2.16. The lowest BCUT2D eigenvalue weighted by molar-refractivity contribution is 0.0926. The van der Waals surface area contributed by atoms with E-state index in [-0.39, 0.29) is 11.8 Å². The summed E-state index contributed by atoms with van der Waals surface area (Å²) in [5.74, 6) is -1.12. The Balaban J connectivity index is 2.21. The van der Waals surface area contributed by atoms with Gasteiger partial charge in [-0.3, -0.25) is 9.59 Å². The lowest BCUT2D eigenvalue weighted by atomic mass is 9.99. The zero-order valence-corrected chi connectivity index (χ0v) is 12.8. The van der Waals surface area contributed by atoms with Gasteiger partial charge in [-0.15, -0.1) is 9.24 Å². The summed E-state index contributed by atoms with van der Waals surface area (Å²) >= 11 is 0. The van der Waals surface area contributed by atoms with Crippen molar-refractivity contribution in [3.05, 3.63) is 58.4 Å². The van der Waals surface area contributed by atoms with Crippen molar-refractivity contribution < 1.29 is 14.0 Å². The molecule has 106 valence electrons. The molecule has 1 aliphatic rings. The maximum Gasteiger partial charge on any atom is 0.266 e. The van der Waals surface area contributed by atoms with Crippen molar-refractivity contribution >= 4 is 32.0 Å². The standard InChI is InChI=1S/C16H13FNO2P/c1-8-3-4-9(2)14-13(8)15(19)18(16(14)20)11-6-5-10(17)7-12(11)21/h3-7H,21H2,1-2H3. The smallest absolute Gasteiger partial charge is 0.266 e. The SMILES string of the molecule is Cc1ccc(C)c2c1C(=O)N(c1ccc(F)cc1P)C2=O. The van der Waals surface area contributed by atoms with Crippen LogP contribution in [0.1, 0.15) is 31.8 Å². The van der Waals surface area contributed by atoms with E-state index in [9.17, 15) is 14.0 Å². The molecule has 21 heavy (non-hydrogen) atoms. The minimum absolute atomic E-state index is 0.355. The van der Waals surface area contributed by atoms with Crippen molar-refractivity contribution in [2.75, 3.05) is 4.90 Å². The van der Waals surface area contributed by atoms with Crippen LogP contribution in [0.25, 0.3) is 0 Å². The summed E-state index contributed by atoms with van der Waals surface area (Å²) in [6.45, 7) is 3.61. The molecule has 3 rings (SSSR count). The van der Waals surface area contributed by atoms with Crippen LogP contribution in [-0.4, -0.2) is 11.8 Å². The summed E-state index contributed by atoms with van der Waals surface area (Å²) < 4.78 is 13.2. The number of carbonyl (C=O) groups excluding carboxylic acids is 2. The highest BCUT2D eigenvalue weighted by Gasteiger charge is 2.39. The third-order valence-corrected chi connectivity index (χ3v) is 4.15. The Kier molecular flexibility index (Phi) is 3.14. The molecule has 1 aliphatic heterocycles. The number of carbonyl (C=O) groups is 2. The molecular formula is C16H13FNO2P. The Morgan fingerprint density at radius 2 is 1.48 bits per heavy atom. The van der Waals surface area contributed by atoms with Crippen LogP contribution in [0, 0.1) is 19.7 Å². The molecule has 1 unspecified atom stereocenters. The van der Waals surface area contributed by atoms with E-state index in [1.807, 2.05) is 12.1 Å². The van der Waals surface area contributed by atoms with Gasteiger partial charge in [0.2, 0.25) is 0 Å². The van der Waals surface area contributed by atoms with Gasteiger partial charge < -0.3 is 0 Å². The molecule has 1 atom stereocenters. The van der Waals surface area contributed by atoms with Gasteiger partial charge in [-0.2, -0.15) is 0 Å². The van der Waals surface area contributed by atoms with Gasteiger partial charge in [0.05, 0.1) is 16.8 Å². The fourth-order valence-corrected chi connectivity index (χ4v) is 3.01. The van der Waals surface area contributed by atoms with Gasteiger partial charge in [0.15, 0.2) is 0 Å². The number of imide groups is 1. The Hall–Kier alpha value is -2.06. The number of anilines is 1. The van der Waals surface area contributed by atoms with E-state index < -0.39 is 5.82 Å². The second-order valence-corrected chi connectivity index (χ2v) is 5.72. The number of hydrogen-bond acceptors (Lipinski definition) is 2. The molecule has 0 spiro atoms. The van der Waals surface area contributed by atoms with Crippen LogP contribution in [0.4, 0.5) is 10.1 Å². The number of benzene rings is 2. The number of nitrogens with zero attached hydrogens (tertiary/aromatic N) is 1. The molecule has 2 aromatic carbocycles. The first-order chi connectivity index (χ1) is 9.91. The molecule has 0 fully saturated rings. The maximum absolute atomic E-state index is 13.2. The van der Waals surface area contributed by atoms with Crippen molar-refractivity contribution in [1.82, 2.24) is 0 Å². The summed E-state index contributed by atoms with van der Waals surface area (Å²) in [7, 11) is 2.36. The molecule has 0 aliphatic carbocycles. The van der Waals surface area contributed by atoms with E-state index in [1.165, 1.54) is 18.2 Å². The van der Waals surface area contributed by atoms with Gasteiger partial charge in [-0.05, 0) is 48.5 Å². The first-order valence-corrected chi connectivity index (χ1v) is 7.03. The minimum atomic E-state index is -0.410. The van der Waals surface area contributed by atoms with Crippen LogP contribution in [0.15, 0.2) is 30.3 Å². The van der Waals surface area contributed by atoms with Crippen molar-refractivity contribution in [2.45, 2.75) is 13.8 Å². The van der Waals surface area contributed by atoms with Crippen LogP contribution < -0.4 is 10.2 Å². The first-order valence-electron chi connectivity index (χ1n) is 6.46. The molecule has 0 aromatic heterocycles. The molecule has 3 nitrogen and oxygen atoms in total. The molecule has 5 heteroatoms. The summed E-state index contributed by atoms with van der Waals surface area (Å²) in [6.07, 6.45) is 0. The molecule has 0 saturated heterocycles. The van der Waals surface area contributed by atoms with Gasteiger partial charge in [-0.25, -0.2) is 9.29 Å². The van der Waals surface area contributed by atoms with Gasteiger partial charge in [-0.1, -0.05) is 12.1 Å². The lowest BCUT2D eigenvalue weighted by Crippen LogP contribution is -2.32. The summed E-state index contributed by atoms with van der Waals surface area (Å²) in [5, 5.41) is 0.472. The summed E-state index contributed by atoms with van der Waals surface area (Å²) in [6, 6.07) is 7.63. The van der Waals surface area contributed by atoms with Gasteiger partial charge in [0.25, 0.3) is 11.8 Å². The largest absolute Gasteiger partial charge is 0.268 e. The fraction of sp³-hybridized carbons (Fsp3) is 0.125. The van der Waals surface area contributed by atoms with Gasteiger partial charge in [0.1, 0.15) is 5.82 Å². The van der Waals surface area contributed by atoms with E-state index in [2.05, 4.69) is 9.24 Å². The minimum Gasteiger partial charge on any atom is -0.268 e. The number of amides is 2. The number of aryl methyl sites for hydroxylation is 2.